The first-order valence-corrected chi connectivity index (χ1v) is 7.39. The maximum atomic E-state index is 14.0. The molecular formula is C13H16F2N4OS. The number of nitrogens with two attached hydrogens (primary N) is 1. The highest BCUT2D eigenvalue weighted by Crippen LogP contribution is 2.31. The molecule has 0 saturated heterocycles. The molecule has 3 N–H and O–H groups in total. The highest BCUT2D eigenvalue weighted by Gasteiger charge is 2.17. The summed E-state index contributed by atoms with van der Waals surface area (Å²) in [6.07, 6.45) is 1.12. The third kappa shape index (κ3) is 3.51. The van der Waals surface area contributed by atoms with Gasteiger partial charge in [-0.1, -0.05) is 6.92 Å². The summed E-state index contributed by atoms with van der Waals surface area (Å²) in [5.41, 5.74) is 5.49. The molecule has 5 nitrogen and oxygen atoms in total. The molecule has 0 aliphatic heterocycles. The smallest absolute Gasteiger partial charge is 0.330 e. The van der Waals surface area contributed by atoms with E-state index in [1.165, 1.54) is 16.7 Å². The zero-order valence-corrected chi connectivity index (χ0v) is 12.3. The minimum Gasteiger partial charge on any atom is -0.330 e. The average Bonchev–Trinajstić information content (AvgIpc) is 2.76. The normalized spacial score (nSPS) is 11.0. The van der Waals surface area contributed by atoms with Crippen LogP contribution in [0.5, 0.6) is 0 Å². The molecule has 0 aliphatic rings. The van der Waals surface area contributed by atoms with Crippen molar-refractivity contribution in [1.29, 1.82) is 0 Å². The second kappa shape index (κ2) is 6.86. The van der Waals surface area contributed by atoms with Crippen LogP contribution in [-0.2, 0) is 13.0 Å². The number of nitrogens with zero attached hydrogens (tertiary/aromatic N) is 2. The standard InChI is InChI=1S/C13H16F2N4OS/c1-2-5-19-12(20)17-18-13(19)21-11-9(14)6-8(3-4-16)7-10(11)15/h6-7H,2-5,16H2,1H3,(H,17,20). The number of aromatic nitrogens is 3. The van der Waals surface area contributed by atoms with Crippen molar-refractivity contribution >= 4 is 11.8 Å². The van der Waals surface area contributed by atoms with Gasteiger partial charge in [0.25, 0.3) is 0 Å². The Morgan fingerprint density at radius 3 is 2.62 bits per heavy atom. The van der Waals surface area contributed by atoms with E-state index in [2.05, 4.69) is 10.2 Å². The van der Waals surface area contributed by atoms with E-state index in [4.69, 9.17) is 5.73 Å². The Balaban J connectivity index is 2.34. The summed E-state index contributed by atoms with van der Waals surface area (Å²) >= 11 is 0.794. The maximum Gasteiger partial charge on any atom is 0.343 e. The molecule has 2 rings (SSSR count). The number of aromatic amines is 1. The van der Waals surface area contributed by atoms with Gasteiger partial charge in [0.2, 0.25) is 0 Å². The molecule has 0 aliphatic carbocycles. The number of rotatable bonds is 6. The van der Waals surface area contributed by atoms with E-state index in [9.17, 15) is 13.6 Å². The lowest BCUT2D eigenvalue weighted by atomic mass is 10.1. The van der Waals surface area contributed by atoms with E-state index < -0.39 is 11.6 Å². The number of hydrogen-bond acceptors (Lipinski definition) is 4. The fourth-order valence-corrected chi connectivity index (χ4v) is 2.79. The number of H-pyrrole nitrogens is 1. The number of benzene rings is 1. The molecule has 0 saturated carbocycles. The molecule has 0 amide bonds. The lowest BCUT2D eigenvalue weighted by molar-refractivity contribution is 0.535. The molecule has 0 atom stereocenters. The molecule has 0 bridgehead atoms. The SMILES string of the molecule is CCCn1c(Sc2c(F)cc(CCN)cc2F)n[nH]c1=O. The molecule has 1 aromatic carbocycles. The third-order valence-corrected chi connectivity index (χ3v) is 3.94. The molecule has 0 fully saturated rings. The lowest BCUT2D eigenvalue weighted by Crippen LogP contribution is -2.17. The molecule has 0 unspecified atom stereocenters. The van der Waals surface area contributed by atoms with Crippen LogP contribution >= 0.6 is 11.8 Å². The molecule has 0 radical (unpaired) electrons. The largest absolute Gasteiger partial charge is 0.343 e. The van der Waals surface area contributed by atoms with E-state index in [-0.39, 0.29) is 15.7 Å². The molecule has 8 heteroatoms. The second-order valence-electron chi connectivity index (χ2n) is 4.49. The summed E-state index contributed by atoms with van der Waals surface area (Å²) in [6.45, 7) is 2.66. The second-order valence-corrected chi connectivity index (χ2v) is 5.47. The van der Waals surface area contributed by atoms with Crippen LogP contribution in [0.4, 0.5) is 8.78 Å². The minimum atomic E-state index is -0.679. The van der Waals surface area contributed by atoms with Gasteiger partial charge in [-0.05, 0) is 48.8 Å². The van der Waals surface area contributed by atoms with Gasteiger partial charge in [0.15, 0.2) is 5.16 Å². The highest BCUT2D eigenvalue weighted by molar-refractivity contribution is 7.99. The Morgan fingerprint density at radius 1 is 1.38 bits per heavy atom. The summed E-state index contributed by atoms with van der Waals surface area (Å²) in [5, 5.41) is 6.34. The van der Waals surface area contributed by atoms with Gasteiger partial charge in [-0.3, -0.25) is 4.57 Å². The van der Waals surface area contributed by atoms with Crippen molar-refractivity contribution in [1.82, 2.24) is 14.8 Å². The predicted molar refractivity (Wildman–Crippen MR) is 76.4 cm³/mol. The topological polar surface area (TPSA) is 76.7 Å². The molecule has 1 heterocycles. The Morgan fingerprint density at radius 2 is 2.05 bits per heavy atom. The highest BCUT2D eigenvalue weighted by atomic mass is 32.2. The molecule has 0 spiro atoms. The molecule has 114 valence electrons. The van der Waals surface area contributed by atoms with Crippen molar-refractivity contribution in [3.05, 3.63) is 39.8 Å². The van der Waals surface area contributed by atoms with Gasteiger partial charge < -0.3 is 5.73 Å². The van der Waals surface area contributed by atoms with Gasteiger partial charge in [-0.25, -0.2) is 18.7 Å². The van der Waals surface area contributed by atoms with Crippen LogP contribution in [0.1, 0.15) is 18.9 Å². The summed E-state index contributed by atoms with van der Waals surface area (Å²) in [6, 6.07) is 2.51. The first-order valence-electron chi connectivity index (χ1n) is 6.57. The van der Waals surface area contributed by atoms with Crippen molar-refractivity contribution in [2.24, 2.45) is 5.73 Å². The first kappa shape index (κ1) is 15.7. The molecular weight excluding hydrogens is 298 g/mol. The Bertz CT molecular complexity index is 660. The Labute approximate surface area is 124 Å². The van der Waals surface area contributed by atoms with Crippen LogP contribution in [0.25, 0.3) is 0 Å². The first-order chi connectivity index (χ1) is 10.1. The van der Waals surface area contributed by atoms with Crippen LogP contribution in [0.2, 0.25) is 0 Å². The van der Waals surface area contributed by atoms with Gasteiger partial charge in [-0.15, -0.1) is 5.10 Å². The van der Waals surface area contributed by atoms with Gasteiger partial charge in [0.05, 0.1) is 4.90 Å². The minimum absolute atomic E-state index is 0.174. The van der Waals surface area contributed by atoms with Crippen molar-refractivity contribution in [3.63, 3.8) is 0 Å². The van der Waals surface area contributed by atoms with Gasteiger partial charge in [0.1, 0.15) is 11.6 Å². The zero-order chi connectivity index (χ0) is 15.4. The fraction of sp³-hybridized carbons (Fsp3) is 0.385. The quantitative estimate of drug-likeness (QED) is 0.854. The number of nitrogens with one attached hydrogen (secondary N) is 1. The van der Waals surface area contributed by atoms with E-state index in [1.807, 2.05) is 6.92 Å². The summed E-state index contributed by atoms with van der Waals surface area (Å²) < 4.78 is 29.4. The van der Waals surface area contributed by atoms with Crippen LogP contribution in [0.3, 0.4) is 0 Å². The summed E-state index contributed by atoms with van der Waals surface area (Å²) in [7, 11) is 0. The summed E-state index contributed by atoms with van der Waals surface area (Å²) in [5.74, 6) is -1.36. The number of hydrogen-bond donors (Lipinski definition) is 2. The zero-order valence-electron chi connectivity index (χ0n) is 11.5. The molecule has 21 heavy (non-hydrogen) atoms. The van der Waals surface area contributed by atoms with Crippen molar-refractivity contribution in [2.75, 3.05) is 6.54 Å². The van der Waals surface area contributed by atoms with Gasteiger partial charge in [-0.2, -0.15) is 0 Å². The van der Waals surface area contributed by atoms with E-state index >= 15 is 0 Å². The Hall–Kier alpha value is -1.67. The average molecular weight is 314 g/mol. The summed E-state index contributed by atoms with van der Waals surface area (Å²) in [4.78, 5) is 11.4. The van der Waals surface area contributed by atoms with Crippen molar-refractivity contribution in [2.45, 2.75) is 36.4 Å². The van der Waals surface area contributed by atoms with Gasteiger partial charge >= 0.3 is 5.69 Å². The lowest BCUT2D eigenvalue weighted by Gasteiger charge is -2.08. The van der Waals surface area contributed by atoms with Crippen LogP contribution in [-0.4, -0.2) is 21.3 Å². The fourth-order valence-electron chi connectivity index (χ4n) is 1.91. The van der Waals surface area contributed by atoms with E-state index in [0.717, 1.165) is 11.8 Å². The maximum absolute atomic E-state index is 14.0. The monoisotopic (exact) mass is 314 g/mol. The van der Waals surface area contributed by atoms with E-state index in [1.54, 1.807) is 0 Å². The van der Waals surface area contributed by atoms with Gasteiger partial charge in [0, 0.05) is 6.54 Å². The van der Waals surface area contributed by atoms with Crippen molar-refractivity contribution < 1.29 is 8.78 Å². The van der Waals surface area contributed by atoms with Crippen LogP contribution < -0.4 is 11.4 Å². The van der Waals surface area contributed by atoms with Crippen molar-refractivity contribution in [3.8, 4) is 0 Å². The van der Waals surface area contributed by atoms with Crippen LogP contribution in [0, 0.1) is 11.6 Å². The Kier molecular flexibility index (Phi) is 5.13. The molecule has 2 aromatic rings. The molecule has 1 aromatic heterocycles. The third-order valence-electron chi connectivity index (χ3n) is 2.85. The van der Waals surface area contributed by atoms with Crippen LogP contribution in [0.15, 0.2) is 27.0 Å². The van der Waals surface area contributed by atoms with E-state index in [0.29, 0.717) is 31.5 Å². The number of halogens is 2. The predicted octanol–water partition coefficient (Wildman–Crippen LogP) is 1.91.